The zero-order valence-electron chi connectivity index (χ0n) is 10.4. The molecule has 0 saturated carbocycles. The van der Waals surface area contributed by atoms with Crippen molar-refractivity contribution in [1.82, 2.24) is 4.98 Å². The van der Waals surface area contributed by atoms with Crippen molar-refractivity contribution in [1.29, 1.82) is 0 Å². The van der Waals surface area contributed by atoms with Gasteiger partial charge in [0.15, 0.2) is 11.6 Å². The molecule has 2 aromatic rings. The van der Waals surface area contributed by atoms with Crippen LogP contribution in [0.4, 0.5) is 10.1 Å². The second kappa shape index (κ2) is 4.88. The Kier molecular flexibility index (Phi) is 3.07. The maximum absolute atomic E-state index is 13.3. The van der Waals surface area contributed by atoms with Crippen molar-refractivity contribution in [3.8, 4) is 5.75 Å². The van der Waals surface area contributed by atoms with Crippen molar-refractivity contribution < 1.29 is 9.50 Å². The lowest BCUT2D eigenvalue weighted by atomic mass is 9.92. The van der Waals surface area contributed by atoms with Gasteiger partial charge >= 0.3 is 0 Å². The van der Waals surface area contributed by atoms with Gasteiger partial charge in [0, 0.05) is 18.0 Å². The molecule has 19 heavy (non-hydrogen) atoms. The Morgan fingerprint density at radius 3 is 3.05 bits per heavy atom. The fraction of sp³-hybridized carbons (Fsp3) is 0.267. The van der Waals surface area contributed by atoms with Crippen LogP contribution in [0.5, 0.6) is 5.75 Å². The average molecular weight is 258 g/mol. The molecule has 1 heterocycles. The normalized spacial score (nSPS) is 17.8. The molecule has 0 bridgehead atoms. The SMILES string of the molecule is Oc1ccc(NC2CCCc3cccnc32)cc1F. The summed E-state index contributed by atoms with van der Waals surface area (Å²) in [4.78, 5) is 4.43. The molecule has 3 rings (SSSR count). The topological polar surface area (TPSA) is 45.1 Å². The maximum Gasteiger partial charge on any atom is 0.166 e. The van der Waals surface area contributed by atoms with Crippen molar-refractivity contribution in [3.05, 3.63) is 53.6 Å². The number of hydrogen-bond donors (Lipinski definition) is 2. The number of phenolic OH excluding ortho intramolecular Hbond substituents is 1. The van der Waals surface area contributed by atoms with E-state index in [1.54, 1.807) is 12.3 Å². The van der Waals surface area contributed by atoms with E-state index in [9.17, 15) is 9.50 Å². The fourth-order valence-electron chi connectivity index (χ4n) is 2.55. The predicted octanol–water partition coefficient (Wildman–Crippen LogP) is 3.42. The molecule has 0 saturated heterocycles. The molecular weight excluding hydrogens is 243 g/mol. The number of aromatic hydroxyl groups is 1. The van der Waals surface area contributed by atoms with Gasteiger partial charge in [-0.15, -0.1) is 0 Å². The quantitative estimate of drug-likeness (QED) is 0.811. The molecule has 1 unspecified atom stereocenters. The lowest BCUT2D eigenvalue weighted by Gasteiger charge is -2.26. The Balaban J connectivity index is 1.86. The van der Waals surface area contributed by atoms with Gasteiger partial charge in [0.2, 0.25) is 0 Å². The van der Waals surface area contributed by atoms with Gasteiger partial charge in [-0.1, -0.05) is 6.07 Å². The molecule has 0 fully saturated rings. The van der Waals surface area contributed by atoms with Crippen molar-refractivity contribution in [2.75, 3.05) is 5.32 Å². The van der Waals surface area contributed by atoms with Gasteiger partial charge in [-0.2, -0.15) is 0 Å². The number of benzene rings is 1. The molecule has 0 spiro atoms. The summed E-state index contributed by atoms with van der Waals surface area (Å²) in [6.07, 6.45) is 4.91. The standard InChI is InChI=1S/C15H15FN2O/c16-12-9-11(6-7-14(12)19)18-13-5-1-3-10-4-2-8-17-15(10)13/h2,4,6-9,13,18-19H,1,3,5H2. The number of hydrogen-bond acceptors (Lipinski definition) is 3. The predicted molar refractivity (Wildman–Crippen MR) is 71.6 cm³/mol. The third-order valence-corrected chi connectivity index (χ3v) is 3.48. The third kappa shape index (κ3) is 2.38. The number of aryl methyl sites for hydroxylation is 1. The number of pyridine rings is 1. The summed E-state index contributed by atoms with van der Waals surface area (Å²) in [5.41, 5.74) is 2.96. The lowest BCUT2D eigenvalue weighted by Crippen LogP contribution is -2.18. The summed E-state index contributed by atoms with van der Waals surface area (Å²) in [6, 6.07) is 8.49. The van der Waals surface area contributed by atoms with E-state index < -0.39 is 5.82 Å². The molecule has 1 aromatic carbocycles. The lowest BCUT2D eigenvalue weighted by molar-refractivity contribution is 0.432. The van der Waals surface area contributed by atoms with Gasteiger partial charge in [-0.25, -0.2) is 4.39 Å². The van der Waals surface area contributed by atoms with E-state index in [1.165, 1.54) is 17.7 Å². The molecule has 4 heteroatoms. The van der Waals surface area contributed by atoms with E-state index in [0.29, 0.717) is 5.69 Å². The summed E-state index contributed by atoms with van der Waals surface area (Å²) in [6.45, 7) is 0. The number of nitrogens with one attached hydrogen (secondary N) is 1. The fourth-order valence-corrected chi connectivity index (χ4v) is 2.55. The minimum Gasteiger partial charge on any atom is -0.505 e. The Morgan fingerprint density at radius 1 is 1.32 bits per heavy atom. The van der Waals surface area contributed by atoms with E-state index in [2.05, 4.69) is 16.4 Å². The third-order valence-electron chi connectivity index (χ3n) is 3.48. The zero-order valence-corrected chi connectivity index (χ0v) is 10.4. The number of phenols is 1. The minimum atomic E-state index is -0.609. The van der Waals surface area contributed by atoms with Crippen LogP contribution in [-0.2, 0) is 6.42 Å². The molecule has 1 aromatic heterocycles. The van der Waals surface area contributed by atoms with Crippen LogP contribution in [0.3, 0.4) is 0 Å². The van der Waals surface area contributed by atoms with Gasteiger partial charge in [-0.05, 0) is 43.0 Å². The minimum absolute atomic E-state index is 0.105. The number of aromatic nitrogens is 1. The van der Waals surface area contributed by atoms with Gasteiger partial charge < -0.3 is 10.4 Å². The first-order chi connectivity index (χ1) is 9.24. The highest BCUT2D eigenvalue weighted by molar-refractivity contribution is 5.49. The van der Waals surface area contributed by atoms with Crippen LogP contribution in [0.2, 0.25) is 0 Å². The Bertz CT molecular complexity index is 600. The van der Waals surface area contributed by atoms with Crippen LogP contribution in [0, 0.1) is 5.82 Å². The summed E-state index contributed by atoms with van der Waals surface area (Å²) >= 11 is 0. The average Bonchev–Trinajstić information content (AvgIpc) is 2.43. The van der Waals surface area contributed by atoms with Gasteiger partial charge in [0.25, 0.3) is 0 Å². The second-order valence-corrected chi connectivity index (χ2v) is 4.80. The van der Waals surface area contributed by atoms with Crippen molar-refractivity contribution in [3.63, 3.8) is 0 Å². The van der Waals surface area contributed by atoms with Gasteiger partial charge in [-0.3, -0.25) is 4.98 Å². The first-order valence-electron chi connectivity index (χ1n) is 6.43. The van der Waals surface area contributed by atoms with Crippen LogP contribution >= 0.6 is 0 Å². The summed E-state index contributed by atoms with van der Waals surface area (Å²) in [7, 11) is 0. The number of rotatable bonds is 2. The molecule has 1 atom stereocenters. The monoisotopic (exact) mass is 258 g/mol. The Labute approximate surface area is 111 Å². The van der Waals surface area contributed by atoms with Gasteiger partial charge in [0.1, 0.15) is 0 Å². The van der Waals surface area contributed by atoms with Crippen LogP contribution in [-0.4, -0.2) is 10.1 Å². The first kappa shape index (κ1) is 12.0. The largest absolute Gasteiger partial charge is 0.505 e. The zero-order chi connectivity index (χ0) is 13.2. The highest BCUT2D eigenvalue weighted by Gasteiger charge is 2.21. The number of anilines is 1. The molecule has 1 aliphatic carbocycles. The number of fused-ring (bicyclic) bond motifs is 1. The second-order valence-electron chi connectivity index (χ2n) is 4.80. The van der Waals surface area contributed by atoms with Crippen LogP contribution in [0.15, 0.2) is 36.5 Å². The van der Waals surface area contributed by atoms with E-state index in [-0.39, 0.29) is 11.8 Å². The van der Waals surface area contributed by atoms with E-state index in [4.69, 9.17) is 0 Å². The molecule has 1 aliphatic rings. The van der Waals surface area contributed by atoms with Crippen LogP contribution in [0.1, 0.15) is 30.1 Å². The van der Waals surface area contributed by atoms with Crippen molar-refractivity contribution >= 4 is 5.69 Å². The molecule has 0 amide bonds. The van der Waals surface area contributed by atoms with Crippen molar-refractivity contribution in [2.45, 2.75) is 25.3 Å². The molecule has 3 nitrogen and oxygen atoms in total. The maximum atomic E-state index is 13.3. The van der Waals surface area contributed by atoms with Crippen LogP contribution in [0.25, 0.3) is 0 Å². The molecule has 0 radical (unpaired) electrons. The summed E-state index contributed by atoms with van der Waals surface area (Å²) in [5, 5.41) is 12.5. The molecule has 98 valence electrons. The molecule has 2 N–H and O–H groups in total. The molecule has 0 aliphatic heterocycles. The highest BCUT2D eigenvalue weighted by atomic mass is 19.1. The van der Waals surface area contributed by atoms with E-state index >= 15 is 0 Å². The van der Waals surface area contributed by atoms with Gasteiger partial charge in [0.05, 0.1) is 11.7 Å². The van der Waals surface area contributed by atoms with Crippen molar-refractivity contribution in [2.24, 2.45) is 0 Å². The Morgan fingerprint density at radius 2 is 2.21 bits per heavy atom. The number of halogens is 1. The van der Waals surface area contributed by atoms with E-state index in [0.717, 1.165) is 25.0 Å². The summed E-state index contributed by atoms with van der Waals surface area (Å²) < 4.78 is 13.3. The first-order valence-corrected chi connectivity index (χ1v) is 6.43. The summed E-state index contributed by atoms with van der Waals surface area (Å²) in [5.74, 6) is -0.935. The smallest absolute Gasteiger partial charge is 0.166 e. The Hall–Kier alpha value is -2.10. The highest BCUT2D eigenvalue weighted by Crippen LogP contribution is 2.31. The molecular formula is C15H15FN2O. The van der Waals surface area contributed by atoms with E-state index in [1.807, 2.05) is 6.07 Å². The van der Waals surface area contributed by atoms with Crippen LogP contribution < -0.4 is 5.32 Å². The number of nitrogens with zero attached hydrogens (tertiary/aromatic N) is 1.